The van der Waals surface area contributed by atoms with E-state index in [1.54, 1.807) is 0 Å². The monoisotopic (exact) mass is 493 g/mol. The Kier molecular flexibility index (Phi) is 6.82. The highest BCUT2D eigenvalue weighted by Crippen LogP contribution is 2.61. The van der Waals surface area contributed by atoms with Gasteiger partial charge in [-0.2, -0.15) is 0 Å². The molecular formula is C18H32N3O9PSi. The van der Waals surface area contributed by atoms with Gasteiger partial charge in [-0.3, -0.25) is 28.2 Å². The number of rotatable bonds is 9. The Balaban J connectivity index is 1.97. The highest BCUT2D eigenvalue weighted by atomic mass is 31.2. The van der Waals surface area contributed by atoms with Gasteiger partial charge in [-0.1, -0.05) is 20.8 Å². The van der Waals surface area contributed by atoms with Gasteiger partial charge in [-0.25, -0.2) is 9.36 Å². The van der Waals surface area contributed by atoms with E-state index < -0.39 is 57.5 Å². The van der Waals surface area contributed by atoms with E-state index >= 15 is 0 Å². The zero-order valence-corrected chi connectivity index (χ0v) is 21.4. The number of nitrogens with one attached hydrogen (secondary N) is 2. The normalized spacial score (nSPS) is 30.4. The maximum Gasteiger partial charge on any atom is 0.428 e. The molecule has 2 unspecified atom stereocenters. The molecule has 3 rings (SSSR count). The standard InChI is InChI=1S/C18H32N3O9PSi/c1-17(2,3)32(7,8)30-18-12(13(18)29-20-31(24,26-5)27-6)28-15(14(18)25-4)21-10-9-11(22)19-16(21)23/h9-10,12-15H,1-8H3,(H,20,24)(H,19,22,23)/t12-,13?,14+,15-,18?/m1/s1. The molecule has 1 aliphatic heterocycles. The van der Waals surface area contributed by atoms with Gasteiger partial charge in [0.25, 0.3) is 5.56 Å². The lowest BCUT2D eigenvalue weighted by Crippen LogP contribution is -2.52. The minimum atomic E-state index is -3.67. The van der Waals surface area contributed by atoms with Gasteiger partial charge in [0, 0.05) is 33.6 Å². The molecule has 1 aliphatic carbocycles. The lowest BCUT2D eigenvalue weighted by molar-refractivity contribution is -0.130. The summed E-state index contributed by atoms with van der Waals surface area (Å²) in [4.78, 5) is 31.8. The summed E-state index contributed by atoms with van der Waals surface area (Å²) in [6.45, 7) is 10.4. The molecule has 2 heterocycles. The molecule has 2 N–H and O–H groups in total. The Morgan fingerprint density at radius 1 is 1.19 bits per heavy atom. The molecule has 14 heteroatoms. The van der Waals surface area contributed by atoms with Gasteiger partial charge in [0.05, 0.1) is 0 Å². The number of hydrogen-bond donors (Lipinski definition) is 2. The van der Waals surface area contributed by atoms with Crippen molar-refractivity contribution in [1.82, 2.24) is 14.8 Å². The zero-order valence-electron chi connectivity index (χ0n) is 19.5. The summed E-state index contributed by atoms with van der Waals surface area (Å²) in [7, 11) is -2.13. The Morgan fingerprint density at radius 2 is 1.81 bits per heavy atom. The second kappa shape index (κ2) is 8.57. The van der Waals surface area contributed by atoms with Gasteiger partial charge >= 0.3 is 13.4 Å². The molecular weight excluding hydrogens is 461 g/mol. The lowest BCUT2D eigenvalue weighted by Gasteiger charge is -2.41. The molecule has 1 aromatic heterocycles. The van der Waals surface area contributed by atoms with Crippen LogP contribution < -0.4 is 16.5 Å². The number of ether oxygens (including phenoxy) is 2. The third-order valence-corrected chi connectivity index (χ3v) is 12.2. The van der Waals surface area contributed by atoms with E-state index in [1.165, 1.54) is 38.2 Å². The molecule has 0 amide bonds. The van der Waals surface area contributed by atoms with Crippen molar-refractivity contribution in [2.45, 2.75) is 69.0 Å². The molecule has 1 aromatic rings. The molecule has 1 saturated heterocycles. The van der Waals surface area contributed by atoms with Crippen LogP contribution in [-0.2, 0) is 32.3 Å². The fourth-order valence-corrected chi connectivity index (χ4v) is 5.68. The predicted molar refractivity (Wildman–Crippen MR) is 117 cm³/mol. The van der Waals surface area contributed by atoms with Gasteiger partial charge in [0.1, 0.15) is 23.9 Å². The molecule has 2 fully saturated rings. The van der Waals surface area contributed by atoms with E-state index in [4.69, 9.17) is 27.8 Å². The van der Waals surface area contributed by atoms with Crippen molar-refractivity contribution in [3.8, 4) is 0 Å². The maximum absolute atomic E-state index is 12.4. The fraction of sp³-hybridized carbons (Fsp3) is 0.778. The van der Waals surface area contributed by atoms with E-state index in [1.807, 2.05) is 0 Å². The fourth-order valence-electron chi connectivity index (χ4n) is 3.60. The first-order valence-corrected chi connectivity index (χ1v) is 14.6. The summed E-state index contributed by atoms with van der Waals surface area (Å²) in [5, 5.41) is 2.20. The molecule has 0 aromatic carbocycles. The van der Waals surface area contributed by atoms with Crippen LogP contribution in [0.3, 0.4) is 0 Å². The number of nitrogens with zero attached hydrogens (tertiary/aromatic N) is 1. The van der Waals surface area contributed by atoms with E-state index in [9.17, 15) is 14.2 Å². The van der Waals surface area contributed by atoms with Crippen molar-refractivity contribution >= 4 is 16.1 Å². The molecule has 5 atom stereocenters. The first kappa shape index (κ1) is 25.5. The minimum absolute atomic E-state index is 0.146. The number of H-pyrrole nitrogens is 1. The molecule has 12 nitrogen and oxygen atoms in total. The average Bonchev–Trinajstić information content (AvgIpc) is 3.16. The first-order valence-electron chi connectivity index (χ1n) is 10.1. The highest BCUT2D eigenvalue weighted by molar-refractivity contribution is 7.51. The third kappa shape index (κ3) is 4.22. The average molecular weight is 494 g/mol. The van der Waals surface area contributed by atoms with Gasteiger partial charge < -0.3 is 13.9 Å². The first-order chi connectivity index (χ1) is 14.8. The minimum Gasteiger partial charge on any atom is -0.403 e. The quantitative estimate of drug-likeness (QED) is 0.296. The van der Waals surface area contributed by atoms with Crippen LogP contribution in [0.5, 0.6) is 0 Å². The molecule has 182 valence electrons. The van der Waals surface area contributed by atoms with Crippen molar-refractivity contribution in [1.29, 1.82) is 0 Å². The summed E-state index contributed by atoms with van der Waals surface area (Å²) in [5.41, 5.74) is -2.24. The van der Waals surface area contributed by atoms with Crippen LogP contribution >= 0.6 is 7.75 Å². The molecule has 2 aliphatic rings. The zero-order chi connectivity index (χ0) is 24.1. The molecule has 0 bridgehead atoms. The highest BCUT2D eigenvalue weighted by Gasteiger charge is 2.81. The molecule has 1 saturated carbocycles. The Labute approximate surface area is 187 Å². The van der Waals surface area contributed by atoms with Crippen molar-refractivity contribution in [3.63, 3.8) is 0 Å². The predicted octanol–water partition coefficient (Wildman–Crippen LogP) is 1.51. The third-order valence-electron chi connectivity index (χ3n) is 6.43. The largest absolute Gasteiger partial charge is 0.428 e. The van der Waals surface area contributed by atoms with Crippen molar-refractivity contribution in [2.24, 2.45) is 0 Å². The van der Waals surface area contributed by atoms with Gasteiger partial charge in [0.2, 0.25) is 0 Å². The Morgan fingerprint density at radius 3 is 2.31 bits per heavy atom. The van der Waals surface area contributed by atoms with Crippen LogP contribution in [0.4, 0.5) is 0 Å². The Bertz CT molecular complexity index is 998. The molecule has 0 spiro atoms. The van der Waals surface area contributed by atoms with Crippen LogP contribution in [0.25, 0.3) is 0 Å². The number of aromatic amines is 1. The molecule has 32 heavy (non-hydrogen) atoms. The number of hydrogen-bond acceptors (Lipinski definition) is 9. The smallest absolute Gasteiger partial charge is 0.403 e. The van der Waals surface area contributed by atoms with E-state index in [2.05, 4.69) is 44.1 Å². The second-order valence-electron chi connectivity index (χ2n) is 9.33. The van der Waals surface area contributed by atoms with E-state index in [-0.39, 0.29) is 5.04 Å². The topological polar surface area (TPSA) is 139 Å². The summed E-state index contributed by atoms with van der Waals surface area (Å²) in [6, 6.07) is 1.23. The maximum atomic E-state index is 12.4. The van der Waals surface area contributed by atoms with Crippen LogP contribution in [0.15, 0.2) is 21.9 Å². The van der Waals surface area contributed by atoms with Crippen LogP contribution in [0.2, 0.25) is 18.1 Å². The Hall–Kier alpha value is -1.15. The summed E-state index contributed by atoms with van der Waals surface area (Å²) < 4.78 is 42.0. The van der Waals surface area contributed by atoms with Crippen LogP contribution in [0.1, 0.15) is 27.0 Å². The number of aromatic nitrogens is 2. The van der Waals surface area contributed by atoms with Gasteiger partial charge in [0.15, 0.2) is 14.5 Å². The molecule has 0 radical (unpaired) electrons. The van der Waals surface area contributed by atoms with Crippen molar-refractivity contribution < 1.29 is 32.3 Å². The van der Waals surface area contributed by atoms with Crippen LogP contribution in [0, 0.1) is 0 Å². The number of methoxy groups -OCH3 is 1. The SMILES string of the molecule is CO[C@H]1[C@H](n2ccc(=O)[nH]c2=O)O[C@@H]2C(ONP(=O)(OC)OC)C21O[Si](C)(C)C(C)(C)C. The van der Waals surface area contributed by atoms with Crippen LogP contribution in [-0.4, -0.2) is 63.1 Å². The summed E-state index contributed by atoms with van der Waals surface area (Å²) in [5.74, 6) is 0. The van der Waals surface area contributed by atoms with Crippen molar-refractivity contribution in [3.05, 3.63) is 33.1 Å². The lowest BCUT2D eigenvalue weighted by atomic mass is 10.1. The van der Waals surface area contributed by atoms with E-state index in [0.717, 1.165) is 0 Å². The second-order valence-corrected chi connectivity index (χ2v) is 16.0. The van der Waals surface area contributed by atoms with Gasteiger partial charge in [-0.15, -0.1) is 5.25 Å². The van der Waals surface area contributed by atoms with Crippen molar-refractivity contribution in [2.75, 3.05) is 21.3 Å². The van der Waals surface area contributed by atoms with E-state index in [0.29, 0.717) is 0 Å². The summed E-state index contributed by atoms with van der Waals surface area (Å²) in [6.07, 6.45) is -1.63. The summed E-state index contributed by atoms with van der Waals surface area (Å²) >= 11 is 0. The number of fused-ring (bicyclic) bond motifs is 1. The van der Waals surface area contributed by atoms with Gasteiger partial charge in [-0.05, 0) is 18.1 Å².